The number of Topliss-reactive ketones (excluding diaryl/α,β-unsaturated/α-hetero) is 1. The van der Waals surface area contributed by atoms with Crippen LogP contribution in [0, 0.1) is 40.4 Å². The van der Waals surface area contributed by atoms with E-state index in [9.17, 15) is 4.79 Å². The van der Waals surface area contributed by atoms with E-state index in [0.717, 1.165) is 23.7 Å². The summed E-state index contributed by atoms with van der Waals surface area (Å²) >= 11 is 0. The molecule has 4 rings (SSSR count). The summed E-state index contributed by atoms with van der Waals surface area (Å²) in [6.07, 6.45) is 14.5. The summed E-state index contributed by atoms with van der Waals surface area (Å²) in [5, 5.41) is 0. The van der Waals surface area contributed by atoms with Crippen molar-refractivity contribution in [1.82, 2.24) is 0 Å². The number of fused-ring (bicyclic) bond motifs is 5. The van der Waals surface area contributed by atoms with Gasteiger partial charge in [-0.15, -0.1) is 0 Å². The van der Waals surface area contributed by atoms with E-state index in [4.69, 9.17) is 4.99 Å². The molecule has 146 valence electrons. The molecule has 0 heterocycles. The third kappa shape index (κ3) is 2.81. The topological polar surface area (TPSA) is 29.4 Å². The molecule has 26 heavy (non-hydrogen) atoms. The molecule has 0 aromatic carbocycles. The minimum absolute atomic E-state index is 0.191. The maximum Gasteiger partial charge on any atom is 0.151 e. The molecule has 4 fully saturated rings. The number of aliphatic imine (C=N–C) groups is 1. The van der Waals surface area contributed by atoms with E-state index in [1.807, 2.05) is 0 Å². The average molecular weight is 358 g/mol. The van der Waals surface area contributed by atoms with Crippen LogP contribution in [0.4, 0.5) is 0 Å². The number of ketones is 1. The summed E-state index contributed by atoms with van der Waals surface area (Å²) in [5.41, 5.74) is 2.34. The quantitative estimate of drug-likeness (QED) is 0.562. The van der Waals surface area contributed by atoms with Gasteiger partial charge in [0.1, 0.15) is 0 Å². The summed E-state index contributed by atoms with van der Waals surface area (Å²) in [6.45, 7) is 9.49. The Kier molecular flexibility index (Phi) is 4.85. The first-order valence-corrected chi connectivity index (χ1v) is 11.4. The second-order valence-electron chi connectivity index (χ2n) is 10.7. The maximum atomic E-state index is 11.4. The van der Waals surface area contributed by atoms with E-state index in [2.05, 4.69) is 20.8 Å². The minimum atomic E-state index is 0.191. The molecule has 0 radical (unpaired) electrons. The van der Waals surface area contributed by atoms with Crippen molar-refractivity contribution < 1.29 is 4.79 Å². The first-order chi connectivity index (χ1) is 12.4. The summed E-state index contributed by atoms with van der Waals surface area (Å²) < 4.78 is 0. The van der Waals surface area contributed by atoms with E-state index in [-0.39, 0.29) is 5.78 Å². The van der Waals surface area contributed by atoms with Gasteiger partial charge in [0.05, 0.1) is 6.54 Å². The third-order valence-electron chi connectivity index (χ3n) is 9.64. The van der Waals surface area contributed by atoms with Gasteiger partial charge in [-0.3, -0.25) is 9.79 Å². The second kappa shape index (κ2) is 6.74. The lowest BCUT2D eigenvalue weighted by atomic mass is 9.45. The van der Waals surface area contributed by atoms with Gasteiger partial charge in [-0.1, -0.05) is 26.7 Å². The third-order valence-corrected chi connectivity index (χ3v) is 9.64. The molecule has 0 saturated heterocycles. The van der Waals surface area contributed by atoms with E-state index in [0.29, 0.717) is 23.3 Å². The minimum Gasteiger partial charge on any atom is -0.298 e. The van der Waals surface area contributed by atoms with Crippen molar-refractivity contribution in [3.8, 4) is 0 Å². The van der Waals surface area contributed by atoms with Crippen LogP contribution in [0.5, 0.6) is 0 Å². The van der Waals surface area contributed by atoms with E-state index >= 15 is 0 Å². The number of carbonyl (C=O) groups is 1. The molecular formula is C24H39NO. The molecule has 0 bridgehead atoms. The molecular weight excluding hydrogens is 318 g/mol. The second-order valence-corrected chi connectivity index (χ2v) is 10.7. The number of hydrogen-bond donors (Lipinski definition) is 0. The number of nitrogens with zero attached hydrogens (tertiary/aromatic N) is 1. The Morgan fingerprint density at radius 3 is 2.42 bits per heavy atom. The molecule has 0 aromatic heterocycles. The Morgan fingerprint density at radius 1 is 0.885 bits per heavy atom. The molecule has 4 saturated carbocycles. The zero-order valence-electron chi connectivity index (χ0n) is 17.5. The van der Waals surface area contributed by atoms with Gasteiger partial charge in [0.25, 0.3) is 0 Å². The molecule has 0 N–H and O–H groups in total. The highest BCUT2D eigenvalue weighted by molar-refractivity contribution is 5.88. The standard InChI is InChI=1S/C24H39NO/c1-16(26)15-25-17(2)20-10-11-21-19-9-8-18-7-5-6-13-23(18,3)22(19)12-14-24(20,21)4/h18-22H,5-15H2,1-4H3. The molecule has 0 spiro atoms. The monoisotopic (exact) mass is 357 g/mol. The fourth-order valence-corrected chi connectivity index (χ4v) is 8.33. The number of rotatable bonds is 3. The molecule has 7 unspecified atom stereocenters. The van der Waals surface area contributed by atoms with E-state index in [1.165, 1.54) is 69.9 Å². The highest BCUT2D eigenvalue weighted by Gasteiger charge is 2.59. The van der Waals surface area contributed by atoms with Gasteiger partial charge in [-0.25, -0.2) is 0 Å². The van der Waals surface area contributed by atoms with Crippen LogP contribution in [0.1, 0.15) is 91.9 Å². The summed E-state index contributed by atoms with van der Waals surface area (Å²) in [6, 6.07) is 0. The van der Waals surface area contributed by atoms with Crippen molar-refractivity contribution in [3.05, 3.63) is 0 Å². The number of carbonyl (C=O) groups excluding carboxylic acids is 1. The van der Waals surface area contributed by atoms with Crippen molar-refractivity contribution in [2.45, 2.75) is 91.9 Å². The lowest BCUT2D eigenvalue weighted by Gasteiger charge is -2.60. The zero-order chi connectivity index (χ0) is 18.5. The van der Waals surface area contributed by atoms with Crippen molar-refractivity contribution in [2.75, 3.05) is 6.54 Å². The van der Waals surface area contributed by atoms with Crippen molar-refractivity contribution in [3.63, 3.8) is 0 Å². The lowest BCUT2D eigenvalue weighted by molar-refractivity contribution is -0.115. The van der Waals surface area contributed by atoms with Crippen LogP contribution in [0.15, 0.2) is 4.99 Å². The van der Waals surface area contributed by atoms with Crippen LogP contribution in [0.2, 0.25) is 0 Å². The smallest absolute Gasteiger partial charge is 0.151 e. The Bertz CT molecular complexity index is 595. The largest absolute Gasteiger partial charge is 0.298 e. The first-order valence-electron chi connectivity index (χ1n) is 11.4. The van der Waals surface area contributed by atoms with Gasteiger partial charge in [0.15, 0.2) is 5.78 Å². The van der Waals surface area contributed by atoms with Crippen LogP contribution in [0.3, 0.4) is 0 Å². The van der Waals surface area contributed by atoms with E-state index in [1.54, 1.807) is 6.92 Å². The molecule has 7 atom stereocenters. The van der Waals surface area contributed by atoms with Gasteiger partial charge < -0.3 is 0 Å². The molecule has 4 aliphatic rings. The normalized spacial score (nSPS) is 48.5. The Morgan fingerprint density at radius 2 is 1.65 bits per heavy atom. The van der Waals surface area contributed by atoms with Crippen molar-refractivity contribution >= 4 is 11.5 Å². The average Bonchev–Trinajstić information content (AvgIpc) is 2.96. The highest BCUT2D eigenvalue weighted by Crippen LogP contribution is 2.67. The Balaban J connectivity index is 1.56. The Labute approximate surface area is 160 Å². The predicted molar refractivity (Wildman–Crippen MR) is 108 cm³/mol. The molecule has 2 heteroatoms. The first kappa shape index (κ1) is 18.7. The fourth-order valence-electron chi connectivity index (χ4n) is 8.33. The van der Waals surface area contributed by atoms with Crippen LogP contribution < -0.4 is 0 Å². The molecule has 0 amide bonds. The van der Waals surface area contributed by atoms with Crippen LogP contribution >= 0.6 is 0 Å². The molecule has 2 nitrogen and oxygen atoms in total. The highest BCUT2D eigenvalue weighted by atomic mass is 16.1. The van der Waals surface area contributed by atoms with Crippen LogP contribution in [-0.4, -0.2) is 18.0 Å². The zero-order valence-corrected chi connectivity index (χ0v) is 17.5. The fraction of sp³-hybridized carbons (Fsp3) is 0.917. The lowest BCUT2D eigenvalue weighted by Crippen LogP contribution is -2.53. The summed E-state index contributed by atoms with van der Waals surface area (Å²) in [7, 11) is 0. The van der Waals surface area contributed by atoms with Gasteiger partial charge in [-0.05, 0) is 99.7 Å². The number of hydrogen-bond acceptors (Lipinski definition) is 2. The molecule has 0 aliphatic heterocycles. The molecule has 0 aromatic rings. The summed E-state index contributed by atoms with van der Waals surface area (Å²) in [5.74, 6) is 4.65. The molecule has 4 aliphatic carbocycles. The van der Waals surface area contributed by atoms with Crippen molar-refractivity contribution in [1.29, 1.82) is 0 Å². The SMILES string of the molecule is CC(=O)CN=C(C)C1CCC2C3CCC4CCCCC4(C)C3CCC12C. The van der Waals surface area contributed by atoms with E-state index < -0.39 is 0 Å². The Hall–Kier alpha value is -0.660. The van der Waals surface area contributed by atoms with Crippen LogP contribution in [0.25, 0.3) is 0 Å². The predicted octanol–water partition coefficient (Wildman–Crippen LogP) is 6.09. The van der Waals surface area contributed by atoms with Crippen molar-refractivity contribution in [2.24, 2.45) is 45.4 Å². The van der Waals surface area contributed by atoms with Gasteiger partial charge in [0.2, 0.25) is 0 Å². The van der Waals surface area contributed by atoms with Gasteiger partial charge in [0, 0.05) is 11.6 Å². The summed E-state index contributed by atoms with van der Waals surface area (Å²) in [4.78, 5) is 16.1. The van der Waals surface area contributed by atoms with Gasteiger partial charge >= 0.3 is 0 Å². The maximum absolute atomic E-state index is 11.4. The van der Waals surface area contributed by atoms with Gasteiger partial charge in [-0.2, -0.15) is 0 Å². The van der Waals surface area contributed by atoms with Crippen LogP contribution in [-0.2, 0) is 4.79 Å².